The van der Waals surface area contributed by atoms with Crippen LogP contribution in [0.25, 0.3) is 0 Å². The summed E-state index contributed by atoms with van der Waals surface area (Å²) in [6, 6.07) is 15.3. The van der Waals surface area contributed by atoms with Crippen molar-refractivity contribution in [3.63, 3.8) is 0 Å². The zero-order valence-corrected chi connectivity index (χ0v) is 21.9. The van der Waals surface area contributed by atoms with Crippen molar-refractivity contribution in [2.45, 2.75) is 88.9 Å². The molecular formula is C32H38O6. The third-order valence-electron chi connectivity index (χ3n) is 7.52. The molecule has 202 valence electrons. The van der Waals surface area contributed by atoms with E-state index in [4.69, 9.17) is 10.2 Å². The molecular weight excluding hydrogens is 480 g/mol. The average Bonchev–Trinajstić information content (AvgIpc) is 2.96. The fraction of sp³-hybridized carbons (Fsp3) is 0.438. The van der Waals surface area contributed by atoms with Gasteiger partial charge in [0, 0.05) is 23.6 Å². The number of aliphatic carboxylic acids is 2. The number of carbonyl (C=O) groups is 4. The number of benzene rings is 2. The Morgan fingerprint density at radius 2 is 1.05 bits per heavy atom. The van der Waals surface area contributed by atoms with E-state index < -0.39 is 11.9 Å². The van der Waals surface area contributed by atoms with Crippen molar-refractivity contribution in [2.24, 2.45) is 0 Å². The highest BCUT2D eigenvalue weighted by Gasteiger charge is 2.17. The van der Waals surface area contributed by atoms with Crippen molar-refractivity contribution in [3.05, 3.63) is 82.9 Å². The molecule has 2 aromatic rings. The third kappa shape index (κ3) is 9.40. The van der Waals surface area contributed by atoms with Crippen LogP contribution in [0, 0.1) is 0 Å². The molecule has 0 heterocycles. The van der Waals surface area contributed by atoms with Crippen LogP contribution in [0.5, 0.6) is 0 Å². The summed E-state index contributed by atoms with van der Waals surface area (Å²) in [5.74, 6) is -1.13. The van der Waals surface area contributed by atoms with E-state index in [0.29, 0.717) is 23.0 Å². The second-order valence-electron chi connectivity index (χ2n) is 10.3. The molecule has 0 aromatic heterocycles. The van der Waals surface area contributed by atoms with Gasteiger partial charge in [0.1, 0.15) is 0 Å². The van der Waals surface area contributed by atoms with Crippen molar-refractivity contribution in [2.75, 3.05) is 0 Å². The Hall–Kier alpha value is -3.54. The zero-order chi connectivity index (χ0) is 27.3. The molecule has 0 bridgehead atoms. The number of hydrogen-bond donors (Lipinski definition) is 2. The number of hydrogen-bond acceptors (Lipinski definition) is 4. The van der Waals surface area contributed by atoms with E-state index in [2.05, 4.69) is 0 Å². The summed E-state index contributed by atoms with van der Waals surface area (Å²) in [6.45, 7) is 0. The van der Waals surface area contributed by atoms with E-state index in [1.165, 1.54) is 75.3 Å². The van der Waals surface area contributed by atoms with Crippen LogP contribution in [0.4, 0.5) is 0 Å². The second kappa shape index (κ2) is 15.0. The van der Waals surface area contributed by atoms with Gasteiger partial charge in [-0.1, -0.05) is 87.1 Å². The van der Waals surface area contributed by atoms with E-state index in [1.807, 2.05) is 36.4 Å². The predicted molar refractivity (Wildman–Crippen MR) is 147 cm³/mol. The summed E-state index contributed by atoms with van der Waals surface area (Å²) in [5.41, 5.74) is 3.77. The maximum absolute atomic E-state index is 11.8. The topological polar surface area (TPSA) is 109 Å². The number of rotatable bonds is 9. The van der Waals surface area contributed by atoms with Gasteiger partial charge in [-0.3, -0.25) is 14.4 Å². The normalized spacial score (nSPS) is 16.4. The van der Waals surface area contributed by atoms with E-state index in [-0.39, 0.29) is 24.4 Å². The van der Waals surface area contributed by atoms with Crippen molar-refractivity contribution in [3.8, 4) is 0 Å². The van der Waals surface area contributed by atoms with Gasteiger partial charge in [-0.2, -0.15) is 0 Å². The summed E-state index contributed by atoms with van der Waals surface area (Å²) in [4.78, 5) is 44.3. The number of allylic oxidation sites excluding steroid dienone is 1. The first-order valence-electron chi connectivity index (χ1n) is 13.7. The fourth-order valence-corrected chi connectivity index (χ4v) is 5.34. The lowest BCUT2D eigenvalue weighted by atomic mass is 9.84. The van der Waals surface area contributed by atoms with Crippen molar-refractivity contribution >= 4 is 23.5 Å². The molecule has 38 heavy (non-hydrogen) atoms. The molecule has 2 N–H and O–H groups in total. The van der Waals surface area contributed by atoms with Crippen LogP contribution in [-0.2, 0) is 9.59 Å². The van der Waals surface area contributed by atoms with Crippen LogP contribution < -0.4 is 0 Å². The van der Waals surface area contributed by atoms with Crippen LogP contribution in [0.1, 0.15) is 121 Å². The molecule has 6 nitrogen and oxygen atoms in total. The molecule has 0 aliphatic heterocycles. The van der Waals surface area contributed by atoms with E-state index >= 15 is 0 Å². The fourth-order valence-electron chi connectivity index (χ4n) is 5.34. The summed E-state index contributed by atoms with van der Waals surface area (Å²) in [6.07, 6.45) is 14.7. The summed E-state index contributed by atoms with van der Waals surface area (Å²) < 4.78 is 0. The molecule has 0 spiro atoms. The van der Waals surface area contributed by atoms with E-state index in [0.717, 1.165) is 12.2 Å². The Balaban J connectivity index is 0.000000211. The summed E-state index contributed by atoms with van der Waals surface area (Å²) >= 11 is 0. The Kier molecular flexibility index (Phi) is 11.5. The monoisotopic (exact) mass is 518 g/mol. The van der Waals surface area contributed by atoms with Crippen molar-refractivity contribution < 1.29 is 29.4 Å². The number of carboxylic acid groups (broad SMARTS) is 2. The highest BCUT2D eigenvalue weighted by atomic mass is 16.4. The van der Waals surface area contributed by atoms with Gasteiger partial charge in [0.2, 0.25) is 0 Å². The third-order valence-corrected chi connectivity index (χ3v) is 7.52. The Bertz CT molecular complexity index is 1100. The molecule has 0 amide bonds. The van der Waals surface area contributed by atoms with Crippen LogP contribution in [-0.4, -0.2) is 33.7 Å². The van der Waals surface area contributed by atoms with Gasteiger partial charge >= 0.3 is 11.9 Å². The number of carbonyl (C=O) groups excluding carboxylic acids is 2. The molecule has 2 saturated carbocycles. The van der Waals surface area contributed by atoms with Crippen LogP contribution in [0.3, 0.4) is 0 Å². The molecule has 4 rings (SSSR count). The lowest BCUT2D eigenvalue weighted by Gasteiger charge is -2.22. The molecule has 0 saturated heterocycles. The lowest BCUT2D eigenvalue weighted by Crippen LogP contribution is -2.06. The molecule has 2 aliphatic rings. The van der Waals surface area contributed by atoms with Crippen LogP contribution in [0.15, 0.2) is 60.7 Å². The predicted octanol–water partition coefficient (Wildman–Crippen LogP) is 7.34. The standard InChI is InChI=1S/C16H20O3.C16H18O3/c2*17-15(10-11-16(18)19)14-8-6-13(7-9-14)12-4-2-1-3-5-12/h6-9,12H,1-5,10-11H2,(H,18,19);6-12H,1-5H2,(H,18,19). The molecule has 0 unspecified atom stereocenters. The Morgan fingerprint density at radius 3 is 1.47 bits per heavy atom. The second-order valence-corrected chi connectivity index (χ2v) is 10.3. The first kappa shape index (κ1) is 29.0. The zero-order valence-electron chi connectivity index (χ0n) is 21.9. The first-order chi connectivity index (χ1) is 18.3. The molecule has 2 aromatic carbocycles. The Labute approximate surface area is 224 Å². The number of ketones is 2. The summed E-state index contributed by atoms with van der Waals surface area (Å²) in [5, 5.41) is 17.1. The number of Topliss-reactive ketones (excluding diaryl/α,β-unsaturated/α-hetero) is 1. The minimum atomic E-state index is -1.10. The average molecular weight is 519 g/mol. The van der Waals surface area contributed by atoms with Gasteiger partial charge in [-0.25, -0.2) is 4.79 Å². The van der Waals surface area contributed by atoms with Gasteiger partial charge in [-0.15, -0.1) is 0 Å². The van der Waals surface area contributed by atoms with Crippen molar-refractivity contribution in [1.82, 2.24) is 0 Å². The van der Waals surface area contributed by atoms with Crippen LogP contribution >= 0.6 is 0 Å². The smallest absolute Gasteiger partial charge is 0.328 e. The molecule has 0 radical (unpaired) electrons. The van der Waals surface area contributed by atoms with Gasteiger partial charge in [0.15, 0.2) is 11.6 Å². The maximum Gasteiger partial charge on any atom is 0.328 e. The molecule has 0 atom stereocenters. The first-order valence-corrected chi connectivity index (χ1v) is 13.7. The van der Waals surface area contributed by atoms with Gasteiger partial charge < -0.3 is 10.2 Å². The Morgan fingerprint density at radius 1 is 0.605 bits per heavy atom. The van der Waals surface area contributed by atoms with Crippen LogP contribution in [0.2, 0.25) is 0 Å². The van der Waals surface area contributed by atoms with Gasteiger partial charge in [-0.05, 0) is 54.7 Å². The quantitative estimate of drug-likeness (QED) is 0.265. The molecule has 2 aliphatic carbocycles. The molecule has 6 heteroatoms. The van der Waals surface area contributed by atoms with E-state index in [1.54, 1.807) is 12.1 Å². The highest BCUT2D eigenvalue weighted by Crippen LogP contribution is 2.33. The largest absolute Gasteiger partial charge is 0.481 e. The SMILES string of the molecule is O=C(O)C=CC(=O)c1ccc(C2CCCCC2)cc1.O=C(O)CCC(=O)c1ccc(C2CCCCC2)cc1. The minimum absolute atomic E-state index is 0.0815. The van der Waals surface area contributed by atoms with Gasteiger partial charge in [0.25, 0.3) is 0 Å². The molecule has 2 fully saturated rings. The lowest BCUT2D eigenvalue weighted by molar-refractivity contribution is -0.137. The van der Waals surface area contributed by atoms with E-state index in [9.17, 15) is 19.2 Å². The maximum atomic E-state index is 11.8. The van der Waals surface area contributed by atoms with Crippen molar-refractivity contribution in [1.29, 1.82) is 0 Å². The summed E-state index contributed by atoms with van der Waals surface area (Å²) in [7, 11) is 0. The van der Waals surface area contributed by atoms with Gasteiger partial charge in [0.05, 0.1) is 6.42 Å². The number of carboxylic acids is 2. The minimum Gasteiger partial charge on any atom is -0.481 e. The highest BCUT2D eigenvalue weighted by molar-refractivity contribution is 6.06.